The lowest BCUT2D eigenvalue weighted by molar-refractivity contribution is 0.102. The molecule has 0 saturated carbocycles. The fourth-order valence-corrected chi connectivity index (χ4v) is 4.76. The Balaban J connectivity index is 1.71. The summed E-state index contributed by atoms with van der Waals surface area (Å²) in [7, 11) is -3.76. The molecular weight excluding hydrogens is 492 g/mol. The molecule has 0 fully saturated rings. The van der Waals surface area contributed by atoms with Gasteiger partial charge in [-0.05, 0) is 89.8 Å². The predicted molar refractivity (Wildman–Crippen MR) is 131 cm³/mol. The van der Waals surface area contributed by atoms with Crippen LogP contribution in [0.5, 0.6) is 5.75 Å². The summed E-state index contributed by atoms with van der Waals surface area (Å²) in [6.45, 7) is 6.32. The number of benzene rings is 3. The van der Waals surface area contributed by atoms with Crippen molar-refractivity contribution in [3.8, 4) is 5.75 Å². The van der Waals surface area contributed by atoms with Crippen molar-refractivity contribution in [2.24, 2.45) is 0 Å². The molecule has 1 amide bonds. The molecule has 0 saturated heterocycles. The zero-order chi connectivity index (χ0) is 23.3. The Kier molecular flexibility index (Phi) is 7.58. The van der Waals surface area contributed by atoms with Crippen molar-refractivity contribution in [3.05, 3.63) is 81.8 Å². The number of hydrogen-bond acceptors (Lipinski definition) is 4. The summed E-state index contributed by atoms with van der Waals surface area (Å²) < 4.78 is 34.5. The average molecular weight is 517 g/mol. The van der Waals surface area contributed by atoms with Crippen molar-refractivity contribution < 1.29 is 17.9 Å². The predicted octanol–water partition coefficient (Wildman–Crippen LogP) is 5.91. The molecule has 3 rings (SSSR count). The fraction of sp³-hybridized carbons (Fsp3) is 0.208. The molecule has 168 valence electrons. The van der Waals surface area contributed by atoms with Gasteiger partial charge >= 0.3 is 0 Å². The number of rotatable bonds is 8. The van der Waals surface area contributed by atoms with E-state index in [1.54, 1.807) is 30.3 Å². The first-order chi connectivity index (χ1) is 15.2. The first kappa shape index (κ1) is 23.8. The van der Waals surface area contributed by atoms with Crippen molar-refractivity contribution in [2.45, 2.75) is 32.1 Å². The van der Waals surface area contributed by atoms with Gasteiger partial charge < -0.3 is 10.1 Å². The zero-order valence-electron chi connectivity index (χ0n) is 18.1. The normalized spacial score (nSPS) is 11.1. The van der Waals surface area contributed by atoms with E-state index in [9.17, 15) is 13.2 Å². The third kappa shape index (κ3) is 5.69. The number of para-hydroxylation sites is 1. The summed E-state index contributed by atoms with van der Waals surface area (Å²) in [5.41, 5.74) is 3.20. The van der Waals surface area contributed by atoms with Crippen LogP contribution in [-0.4, -0.2) is 20.9 Å². The van der Waals surface area contributed by atoms with Gasteiger partial charge in [-0.15, -0.1) is 0 Å². The molecule has 3 aromatic rings. The highest BCUT2D eigenvalue weighted by Crippen LogP contribution is 2.27. The van der Waals surface area contributed by atoms with Gasteiger partial charge in [-0.3, -0.25) is 9.52 Å². The second kappa shape index (κ2) is 10.2. The van der Waals surface area contributed by atoms with Gasteiger partial charge in [-0.25, -0.2) is 8.42 Å². The number of aryl methyl sites for hydroxylation is 2. The van der Waals surface area contributed by atoms with E-state index in [1.165, 1.54) is 12.1 Å². The Morgan fingerprint density at radius 3 is 2.25 bits per heavy atom. The maximum Gasteiger partial charge on any atom is 0.261 e. The summed E-state index contributed by atoms with van der Waals surface area (Å²) in [4.78, 5) is 12.7. The minimum absolute atomic E-state index is 0.110. The highest BCUT2D eigenvalue weighted by molar-refractivity contribution is 9.10. The topological polar surface area (TPSA) is 84.5 Å². The summed E-state index contributed by atoms with van der Waals surface area (Å²) in [5, 5.41) is 2.78. The number of halogens is 1. The zero-order valence-corrected chi connectivity index (χ0v) is 20.5. The molecule has 0 aliphatic carbocycles. The molecule has 32 heavy (non-hydrogen) atoms. The number of sulfonamides is 1. The highest BCUT2D eigenvalue weighted by atomic mass is 79.9. The Hall–Kier alpha value is -2.84. The van der Waals surface area contributed by atoms with Gasteiger partial charge in [0.2, 0.25) is 0 Å². The third-order valence-corrected chi connectivity index (χ3v) is 6.78. The summed E-state index contributed by atoms with van der Waals surface area (Å²) in [6.07, 6.45) is 0.889. The van der Waals surface area contributed by atoms with Gasteiger partial charge in [-0.1, -0.05) is 25.1 Å². The molecule has 0 atom stereocenters. The van der Waals surface area contributed by atoms with Gasteiger partial charge in [0.25, 0.3) is 15.9 Å². The van der Waals surface area contributed by atoms with Gasteiger partial charge in [0.15, 0.2) is 0 Å². The van der Waals surface area contributed by atoms with Crippen LogP contribution in [0, 0.1) is 13.8 Å². The van der Waals surface area contributed by atoms with Crippen LogP contribution in [0.15, 0.2) is 70.0 Å². The van der Waals surface area contributed by atoms with Crippen LogP contribution in [0.2, 0.25) is 0 Å². The van der Waals surface area contributed by atoms with E-state index in [4.69, 9.17) is 4.74 Å². The molecule has 2 N–H and O–H groups in total. The molecule has 0 unspecified atom stereocenters. The number of amides is 1. The number of carbonyl (C=O) groups excluding carboxylic acids is 1. The average Bonchev–Trinajstić information content (AvgIpc) is 2.76. The number of nitrogens with one attached hydrogen (secondary N) is 2. The van der Waals surface area contributed by atoms with Gasteiger partial charge in [-0.2, -0.15) is 0 Å². The first-order valence-electron chi connectivity index (χ1n) is 10.1. The molecule has 0 radical (unpaired) electrons. The Morgan fingerprint density at radius 2 is 1.66 bits per heavy atom. The van der Waals surface area contributed by atoms with E-state index >= 15 is 0 Å². The molecule has 0 spiro atoms. The van der Waals surface area contributed by atoms with Crippen molar-refractivity contribution in [1.82, 2.24) is 0 Å². The number of anilines is 2. The van der Waals surface area contributed by atoms with E-state index in [0.29, 0.717) is 33.8 Å². The molecule has 3 aromatic carbocycles. The van der Waals surface area contributed by atoms with Gasteiger partial charge in [0.1, 0.15) is 5.75 Å². The molecule has 0 aromatic heterocycles. The van der Waals surface area contributed by atoms with Gasteiger partial charge in [0, 0.05) is 11.3 Å². The second-order valence-corrected chi connectivity index (χ2v) is 9.88. The number of ether oxygens (including phenoxy) is 1. The van der Waals surface area contributed by atoms with Gasteiger partial charge in [0.05, 0.1) is 21.7 Å². The van der Waals surface area contributed by atoms with Crippen molar-refractivity contribution in [3.63, 3.8) is 0 Å². The van der Waals surface area contributed by atoms with E-state index in [1.807, 2.05) is 39.0 Å². The molecular formula is C24H25BrN2O4S. The van der Waals surface area contributed by atoms with Crippen molar-refractivity contribution in [2.75, 3.05) is 16.6 Å². The monoisotopic (exact) mass is 516 g/mol. The molecule has 0 aliphatic heterocycles. The lowest BCUT2D eigenvalue weighted by Gasteiger charge is -2.13. The summed E-state index contributed by atoms with van der Waals surface area (Å²) >= 11 is 3.42. The van der Waals surface area contributed by atoms with Crippen molar-refractivity contribution >= 4 is 43.2 Å². The van der Waals surface area contributed by atoms with E-state index in [0.717, 1.165) is 17.5 Å². The Bertz CT molecular complexity index is 1200. The van der Waals surface area contributed by atoms with Crippen LogP contribution in [0.4, 0.5) is 11.4 Å². The lowest BCUT2D eigenvalue weighted by Crippen LogP contribution is -2.15. The summed E-state index contributed by atoms with van der Waals surface area (Å²) in [6, 6.07) is 16.7. The van der Waals surface area contributed by atoms with E-state index < -0.39 is 10.0 Å². The van der Waals surface area contributed by atoms with E-state index in [2.05, 4.69) is 26.0 Å². The fourth-order valence-electron chi connectivity index (χ4n) is 3.06. The molecule has 0 heterocycles. The maximum atomic E-state index is 12.8. The minimum Gasteiger partial charge on any atom is -0.492 e. The summed E-state index contributed by atoms with van der Waals surface area (Å²) in [5.74, 6) is 0.367. The van der Waals surface area contributed by atoms with Crippen molar-refractivity contribution in [1.29, 1.82) is 0 Å². The minimum atomic E-state index is -3.76. The maximum absolute atomic E-state index is 12.8. The number of carbonyl (C=O) groups is 1. The number of hydrogen-bond donors (Lipinski definition) is 2. The molecule has 0 bridgehead atoms. The van der Waals surface area contributed by atoms with Crippen LogP contribution >= 0.6 is 15.9 Å². The standard InChI is InChI=1S/C24H25BrN2O4S/c1-4-14-31-22-13-8-18(15-21(22)25)24(28)26-19-9-11-20(12-10-19)32(29,30)27-23-16(2)6-5-7-17(23)3/h5-13,15,27H,4,14H2,1-3H3,(H,26,28). The SMILES string of the molecule is CCCOc1ccc(C(=O)Nc2ccc(S(=O)(=O)Nc3c(C)cccc3C)cc2)cc1Br. The smallest absolute Gasteiger partial charge is 0.261 e. The van der Waals surface area contributed by atoms with Crippen LogP contribution in [0.3, 0.4) is 0 Å². The molecule has 6 nitrogen and oxygen atoms in total. The first-order valence-corrected chi connectivity index (χ1v) is 12.4. The van der Waals surface area contributed by atoms with Crippen LogP contribution < -0.4 is 14.8 Å². The Labute approximate surface area is 197 Å². The quantitative estimate of drug-likeness (QED) is 0.389. The van der Waals surface area contributed by atoms with E-state index in [-0.39, 0.29) is 10.8 Å². The van der Waals surface area contributed by atoms with Crippen LogP contribution in [0.25, 0.3) is 0 Å². The third-order valence-electron chi connectivity index (χ3n) is 4.80. The second-order valence-electron chi connectivity index (χ2n) is 7.34. The molecule has 8 heteroatoms. The molecule has 0 aliphatic rings. The Morgan fingerprint density at radius 1 is 1.00 bits per heavy atom. The van der Waals surface area contributed by atoms with Crippen LogP contribution in [-0.2, 0) is 10.0 Å². The lowest BCUT2D eigenvalue weighted by atomic mass is 10.1. The highest BCUT2D eigenvalue weighted by Gasteiger charge is 2.17. The largest absolute Gasteiger partial charge is 0.492 e. The van der Waals surface area contributed by atoms with Crippen LogP contribution in [0.1, 0.15) is 34.8 Å².